The lowest BCUT2D eigenvalue weighted by Gasteiger charge is -2.05. The molecule has 0 aliphatic carbocycles. The number of rotatable bonds is 5. The minimum Gasteiger partial charge on any atom is -0.270 e. The van der Waals surface area contributed by atoms with Gasteiger partial charge in [-0.2, -0.15) is 8.42 Å². The number of hydrogen-bond acceptors (Lipinski definition) is 3. The van der Waals surface area contributed by atoms with Crippen LogP contribution in [0.3, 0.4) is 0 Å². The molecule has 84 valence electrons. The summed E-state index contributed by atoms with van der Waals surface area (Å²) in [7, 11) is -3.66. The molecule has 0 N–H and O–H groups in total. The van der Waals surface area contributed by atoms with Crippen LogP contribution in [0, 0.1) is 5.82 Å². The fourth-order valence-electron chi connectivity index (χ4n) is 1.06. The minimum atomic E-state index is -3.66. The Hall–Kier alpha value is -0.940. The summed E-state index contributed by atoms with van der Waals surface area (Å²) in [5.74, 6) is -0.944. The highest BCUT2D eigenvalue weighted by atomic mass is 32.2. The lowest BCUT2D eigenvalue weighted by molar-refractivity contribution is 0.317. The van der Waals surface area contributed by atoms with Crippen LogP contribution in [0.15, 0.2) is 24.3 Å². The molecule has 1 aromatic rings. The molecule has 0 heterocycles. The molecule has 0 atom stereocenters. The zero-order valence-electron chi connectivity index (χ0n) is 8.44. The van der Waals surface area contributed by atoms with Crippen LogP contribution in [0.25, 0.3) is 0 Å². The lowest BCUT2D eigenvalue weighted by atomic mass is 10.2. The van der Waals surface area contributed by atoms with Gasteiger partial charge in [0.25, 0.3) is 10.1 Å². The maximum absolute atomic E-state index is 13.1. The van der Waals surface area contributed by atoms with E-state index in [0.29, 0.717) is 6.42 Å². The molecule has 0 saturated heterocycles. The molecule has 0 amide bonds. The van der Waals surface area contributed by atoms with Gasteiger partial charge in [-0.1, -0.05) is 25.1 Å². The molecule has 0 aliphatic heterocycles. The van der Waals surface area contributed by atoms with Crippen molar-refractivity contribution in [3.63, 3.8) is 0 Å². The van der Waals surface area contributed by atoms with Gasteiger partial charge in [-0.05, 0) is 12.5 Å². The summed E-state index contributed by atoms with van der Waals surface area (Å²) < 4.78 is 40.4. The Morgan fingerprint density at radius 1 is 1.33 bits per heavy atom. The van der Waals surface area contributed by atoms with Crippen molar-refractivity contribution in [3.8, 4) is 0 Å². The quantitative estimate of drug-likeness (QED) is 0.730. The van der Waals surface area contributed by atoms with Gasteiger partial charge in [-0.3, -0.25) is 4.18 Å². The third-order valence-corrected chi connectivity index (χ3v) is 2.95. The van der Waals surface area contributed by atoms with E-state index in [-0.39, 0.29) is 12.2 Å². The first-order valence-electron chi connectivity index (χ1n) is 4.65. The largest absolute Gasteiger partial charge is 0.271 e. The van der Waals surface area contributed by atoms with Crippen LogP contribution < -0.4 is 0 Å². The number of hydrogen-bond donors (Lipinski definition) is 0. The summed E-state index contributed by atoms with van der Waals surface area (Å²) in [6.45, 7) is 1.94. The maximum atomic E-state index is 13.1. The first kappa shape index (κ1) is 12.1. The summed E-state index contributed by atoms with van der Waals surface area (Å²) in [5, 5.41) is 0. The first-order valence-corrected chi connectivity index (χ1v) is 6.23. The Labute approximate surface area is 89.0 Å². The topological polar surface area (TPSA) is 43.4 Å². The molecule has 0 radical (unpaired) electrons. The van der Waals surface area contributed by atoms with Gasteiger partial charge >= 0.3 is 0 Å². The predicted molar refractivity (Wildman–Crippen MR) is 55.3 cm³/mol. The van der Waals surface area contributed by atoms with E-state index >= 15 is 0 Å². The zero-order chi connectivity index (χ0) is 11.3. The summed E-state index contributed by atoms with van der Waals surface area (Å²) in [6.07, 6.45) is 0.608. The van der Waals surface area contributed by atoms with Crippen LogP contribution in [0.4, 0.5) is 4.39 Å². The van der Waals surface area contributed by atoms with Crippen LogP contribution in [-0.2, 0) is 20.1 Å². The van der Waals surface area contributed by atoms with Crippen LogP contribution in [0.2, 0.25) is 0 Å². The van der Waals surface area contributed by atoms with Crippen LogP contribution in [0.5, 0.6) is 0 Å². The van der Waals surface area contributed by atoms with E-state index in [9.17, 15) is 12.8 Å². The average Bonchev–Trinajstić information content (AvgIpc) is 2.18. The summed E-state index contributed by atoms with van der Waals surface area (Å²) in [5.41, 5.74) is 0.133. The second-order valence-electron chi connectivity index (χ2n) is 3.12. The Morgan fingerprint density at radius 2 is 2.00 bits per heavy atom. The Bertz CT molecular complexity index is 414. The number of benzene rings is 1. The van der Waals surface area contributed by atoms with Gasteiger partial charge in [0.1, 0.15) is 11.6 Å². The molecule has 0 fully saturated rings. The monoisotopic (exact) mass is 232 g/mol. The third kappa shape index (κ3) is 3.97. The van der Waals surface area contributed by atoms with Crippen molar-refractivity contribution in [1.29, 1.82) is 0 Å². The van der Waals surface area contributed by atoms with Crippen LogP contribution in [0.1, 0.15) is 18.9 Å². The second kappa shape index (κ2) is 5.23. The van der Waals surface area contributed by atoms with E-state index in [1.807, 2.05) is 0 Å². The van der Waals surface area contributed by atoms with Gasteiger partial charge in [0.05, 0.1) is 6.61 Å². The molecule has 1 aromatic carbocycles. The van der Waals surface area contributed by atoms with Gasteiger partial charge in [0, 0.05) is 5.56 Å². The van der Waals surface area contributed by atoms with Crippen molar-refractivity contribution in [3.05, 3.63) is 35.6 Å². The normalized spacial score (nSPS) is 11.6. The molecule has 0 aromatic heterocycles. The molecule has 0 bridgehead atoms. The predicted octanol–water partition coefficient (Wildman–Crippen LogP) is 2.08. The van der Waals surface area contributed by atoms with E-state index in [0.717, 1.165) is 0 Å². The van der Waals surface area contributed by atoms with Crippen molar-refractivity contribution >= 4 is 10.1 Å². The average molecular weight is 232 g/mol. The molecule has 5 heteroatoms. The molecule has 0 saturated carbocycles. The molecule has 0 unspecified atom stereocenters. The van der Waals surface area contributed by atoms with Crippen molar-refractivity contribution < 1.29 is 17.0 Å². The van der Waals surface area contributed by atoms with E-state index in [1.54, 1.807) is 13.0 Å². The van der Waals surface area contributed by atoms with E-state index < -0.39 is 21.7 Å². The van der Waals surface area contributed by atoms with Crippen LogP contribution >= 0.6 is 0 Å². The van der Waals surface area contributed by atoms with E-state index in [4.69, 9.17) is 0 Å². The second-order valence-corrected chi connectivity index (χ2v) is 4.76. The fraction of sp³-hybridized carbons (Fsp3) is 0.400. The number of halogens is 1. The summed E-state index contributed by atoms with van der Waals surface area (Å²) in [6, 6.07) is 5.76. The molecule has 15 heavy (non-hydrogen) atoms. The zero-order valence-corrected chi connectivity index (χ0v) is 9.26. The van der Waals surface area contributed by atoms with Crippen molar-refractivity contribution in [2.45, 2.75) is 19.1 Å². The van der Waals surface area contributed by atoms with Crippen molar-refractivity contribution in [1.82, 2.24) is 0 Å². The SMILES string of the molecule is CCCOS(=O)(=O)Cc1ccccc1F. The highest BCUT2D eigenvalue weighted by Crippen LogP contribution is 2.11. The molecule has 3 nitrogen and oxygen atoms in total. The maximum Gasteiger partial charge on any atom is 0.271 e. The van der Waals surface area contributed by atoms with Crippen molar-refractivity contribution in [2.24, 2.45) is 0 Å². The van der Waals surface area contributed by atoms with Gasteiger partial charge in [0.2, 0.25) is 0 Å². The fourth-order valence-corrected chi connectivity index (χ4v) is 2.18. The smallest absolute Gasteiger partial charge is 0.270 e. The summed E-state index contributed by atoms with van der Waals surface area (Å²) in [4.78, 5) is 0. The Kier molecular flexibility index (Phi) is 4.23. The molecule has 1 rings (SSSR count). The Morgan fingerprint density at radius 3 is 2.60 bits per heavy atom. The van der Waals surface area contributed by atoms with Gasteiger partial charge in [-0.15, -0.1) is 0 Å². The third-order valence-electron chi connectivity index (χ3n) is 1.76. The molecule has 0 spiro atoms. The molecule has 0 aliphatic rings. The van der Waals surface area contributed by atoms with Crippen LogP contribution in [-0.4, -0.2) is 15.0 Å². The molecular weight excluding hydrogens is 219 g/mol. The van der Waals surface area contributed by atoms with Gasteiger partial charge in [0.15, 0.2) is 0 Å². The van der Waals surface area contributed by atoms with E-state index in [1.165, 1.54) is 18.2 Å². The highest BCUT2D eigenvalue weighted by Gasteiger charge is 2.14. The standard InChI is InChI=1S/C10H13FO3S/c1-2-7-14-15(12,13)8-9-5-3-4-6-10(9)11/h3-6H,2,7-8H2,1H3. The Balaban J connectivity index is 2.74. The van der Waals surface area contributed by atoms with Gasteiger partial charge in [-0.25, -0.2) is 4.39 Å². The molecular formula is C10H13FO3S. The van der Waals surface area contributed by atoms with Crippen molar-refractivity contribution in [2.75, 3.05) is 6.61 Å². The highest BCUT2D eigenvalue weighted by molar-refractivity contribution is 7.85. The van der Waals surface area contributed by atoms with E-state index in [2.05, 4.69) is 4.18 Å². The lowest BCUT2D eigenvalue weighted by Crippen LogP contribution is -2.10. The summed E-state index contributed by atoms with van der Waals surface area (Å²) >= 11 is 0. The minimum absolute atomic E-state index is 0.133. The first-order chi connectivity index (χ1) is 7.05. The van der Waals surface area contributed by atoms with Gasteiger partial charge < -0.3 is 0 Å².